The molecule has 0 bridgehead atoms. The van der Waals surface area contributed by atoms with Gasteiger partial charge in [-0.1, -0.05) is 0 Å². The molecule has 10 heavy (non-hydrogen) atoms. The van der Waals surface area contributed by atoms with Crippen molar-refractivity contribution >= 4 is 6.29 Å². The Kier molecular flexibility index (Phi) is 1.75. The number of carbonyl (C=O) groups excluding carboxylic acids is 1. The Labute approximate surface area is 55.1 Å². The van der Waals surface area contributed by atoms with Crippen molar-refractivity contribution in [2.45, 2.75) is 6.43 Å². The summed E-state index contributed by atoms with van der Waals surface area (Å²) in [5.41, 5.74) is -0.331. The average molecular weight is 146 g/mol. The van der Waals surface area contributed by atoms with Gasteiger partial charge in [0.2, 0.25) is 0 Å². The van der Waals surface area contributed by atoms with E-state index in [4.69, 9.17) is 0 Å². The van der Waals surface area contributed by atoms with E-state index < -0.39 is 6.43 Å². The van der Waals surface area contributed by atoms with Gasteiger partial charge in [0.1, 0.15) is 5.69 Å². The van der Waals surface area contributed by atoms with E-state index in [0.29, 0.717) is 6.29 Å². The summed E-state index contributed by atoms with van der Waals surface area (Å²) < 4.78 is 23.5. The van der Waals surface area contributed by atoms with Crippen molar-refractivity contribution < 1.29 is 13.6 Å². The predicted molar refractivity (Wildman–Crippen MR) is 28.9 cm³/mol. The molecular formula is C5H4F2N2O. The Hall–Kier alpha value is -1.26. The number of aromatic nitrogens is 2. The van der Waals surface area contributed by atoms with E-state index in [1.54, 1.807) is 0 Å². The van der Waals surface area contributed by atoms with Crippen molar-refractivity contribution in [1.29, 1.82) is 0 Å². The standard InChI is InChI=1S/C5H4F2N2O/c6-5(7)3-1-8-4(2-10)9-3/h1-2,5H,(H,8,9). The zero-order valence-electron chi connectivity index (χ0n) is 4.84. The molecule has 0 aromatic carbocycles. The molecule has 0 saturated heterocycles. The van der Waals surface area contributed by atoms with Crippen LogP contribution in [0.2, 0.25) is 0 Å². The number of alkyl halides is 2. The van der Waals surface area contributed by atoms with Crippen molar-refractivity contribution in [2.75, 3.05) is 0 Å². The van der Waals surface area contributed by atoms with Gasteiger partial charge in [-0.05, 0) is 0 Å². The molecule has 0 aliphatic heterocycles. The SMILES string of the molecule is O=Cc1ncc(C(F)F)[nH]1. The zero-order chi connectivity index (χ0) is 7.56. The molecule has 3 nitrogen and oxygen atoms in total. The fourth-order valence-corrected chi connectivity index (χ4v) is 0.522. The van der Waals surface area contributed by atoms with Crippen LogP contribution in [-0.2, 0) is 0 Å². The molecule has 0 amide bonds. The first kappa shape index (κ1) is 6.85. The smallest absolute Gasteiger partial charge is 0.279 e. The second-order valence-electron chi connectivity index (χ2n) is 1.64. The van der Waals surface area contributed by atoms with Crippen molar-refractivity contribution in [3.63, 3.8) is 0 Å². The van der Waals surface area contributed by atoms with Crippen molar-refractivity contribution in [1.82, 2.24) is 9.97 Å². The van der Waals surface area contributed by atoms with Gasteiger partial charge in [-0.15, -0.1) is 0 Å². The number of aromatic amines is 1. The maximum atomic E-state index is 11.7. The van der Waals surface area contributed by atoms with Gasteiger partial charge in [0.05, 0.1) is 6.20 Å². The van der Waals surface area contributed by atoms with Crippen LogP contribution in [0, 0.1) is 0 Å². The average Bonchev–Trinajstić information content (AvgIpc) is 2.34. The predicted octanol–water partition coefficient (Wildman–Crippen LogP) is 1.16. The van der Waals surface area contributed by atoms with Gasteiger partial charge in [0.15, 0.2) is 12.1 Å². The Bertz CT molecular complexity index is 233. The summed E-state index contributed by atoms with van der Waals surface area (Å²) >= 11 is 0. The third-order valence-corrected chi connectivity index (χ3v) is 0.962. The van der Waals surface area contributed by atoms with Gasteiger partial charge < -0.3 is 4.98 Å². The Morgan fingerprint density at radius 2 is 2.40 bits per heavy atom. The summed E-state index contributed by atoms with van der Waals surface area (Å²) in [5, 5.41) is 0. The number of halogens is 2. The number of H-pyrrole nitrogens is 1. The highest BCUT2D eigenvalue weighted by Gasteiger charge is 2.09. The van der Waals surface area contributed by atoms with E-state index in [9.17, 15) is 13.6 Å². The van der Waals surface area contributed by atoms with E-state index in [1.807, 2.05) is 0 Å². The summed E-state index contributed by atoms with van der Waals surface area (Å²) in [4.78, 5) is 15.4. The molecule has 5 heteroatoms. The van der Waals surface area contributed by atoms with Crippen LogP contribution in [0.4, 0.5) is 8.78 Å². The van der Waals surface area contributed by atoms with E-state index in [1.165, 1.54) is 0 Å². The van der Waals surface area contributed by atoms with Crippen LogP contribution in [0.3, 0.4) is 0 Å². The molecule has 0 atom stereocenters. The first-order chi connectivity index (χ1) is 4.74. The van der Waals surface area contributed by atoms with Gasteiger partial charge in [-0.2, -0.15) is 0 Å². The number of imidazole rings is 1. The lowest BCUT2D eigenvalue weighted by Gasteiger charge is -1.88. The molecule has 1 aromatic rings. The van der Waals surface area contributed by atoms with E-state index in [-0.39, 0.29) is 11.5 Å². The molecule has 1 heterocycles. The van der Waals surface area contributed by atoms with Gasteiger partial charge >= 0.3 is 0 Å². The minimum atomic E-state index is -2.60. The number of hydrogen-bond acceptors (Lipinski definition) is 2. The van der Waals surface area contributed by atoms with Crippen LogP contribution >= 0.6 is 0 Å². The lowest BCUT2D eigenvalue weighted by Crippen LogP contribution is -1.85. The van der Waals surface area contributed by atoms with Crippen LogP contribution in [0.15, 0.2) is 6.20 Å². The zero-order valence-corrected chi connectivity index (χ0v) is 4.84. The number of nitrogens with zero attached hydrogens (tertiary/aromatic N) is 1. The minimum absolute atomic E-state index is 0.0738. The van der Waals surface area contributed by atoms with Crippen LogP contribution in [0.25, 0.3) is 0 Å². The highest BCUT2D eigenvalue weighted by molar-refractivity contribution is 5.68. The van der Waals surface area contributed by atoms with Gasteiger partial charge in [-0.3, -0.25) is 4.79 Å². The molecule has 1 aromatic heterocycles. The van der Waals surface area contributed by atoms with Crippen LogP contribution in [-0.4, -0.2) is 16.3 Å². The summed E-state index contributed by atoms with van der Waals surface area (Å²) in [6.07, 6.45) is -1.28. The topological polar surface area (TPSA) is 45.8 Å². The lowest BCUT2D eigenvalue weighted by molar-refractivity contribution is 0.111. The molecule has 1 rings (SSSR count). The molecule has 0 unspecified atom stereocenters. The third kappa shape index (κ3) is 1.18. The highest BCUT2D eigenvalue weighted by atomic mass is 19.3. The van der Waals surface area contributed by atoms with E-state index >= 15 is 0 Å². The molecule has 0 radical (unpaired) electrons. The minimum Gasteiger partial charge on any atom is -0.335 e. The maximum Gasteiger partial charge on any atom is 0.279 e. The summed E-state index contributed by atoms with van der Waals surface area (Å²) in [6.45, 7) is 0. The molecule has 0 spiro atoms. The first-order valence-electron chi connectivity index (χ1n) is 2.52. The number of carbonyl (C=O) groups is 1. The fourth-order valence-electron chi connectivity index (χ4n) is 0.522. The van der Waals surface area contributed by atoms with Crippen molar-refractivity contribution in [3.05, 3.63) is 17.7 Å². The van der Waals surface area contributed by atoms with Crippen LogP contribution in [0.5, 0.6) is 0 Å². The van der Waals surface area contributed by atoms with Crippen molar-refractivity contribution in [2.24, 2.45) is 0 Å². The second kappa shape index (κ2) is 2.55. The number of nitrogens with one attached hydrogen (secondary N) is 1. The molecule has 0 aliphatic carbocycles. The van der Waals surface area contributed by atoms with Gasteiger partial charge in [0, 0.05) is 0 Å². The first-order valence-corrected chi connectivity index (χ1v) is 2.52. The van der Waals surface area contributed by atoms with Gasteiger partial charge in [0.25, 0.3) is 6.43 Å². The van der Waals surface area contributed by atoms with Crippen LogP contribution in [0.1, 0.15) is 22.7 Å². The molecule has 1 N–H and O–H groups in total. The number of rotatable bonds is 2. The maximum absolute atomic E-state index is 11.7. The van der Waals surface area contributed by atoms with Gasteiger partial charge in [-0.25, -0.2) is 13.8 Å². The van der Waals surface area contributed by atoms with E-state index in [0.717, 1.165) is 6.20 Å². The summed E-state index contributed by atoms with van der Waals surface area (Å²) in [5.74, 6) is -0.0738. The lowest BCUT2D eigenvalue weighted by atomic mass is 10.5. The molecule has 0 saturated carbocycles. The summed E-state index contributed by atoms with van der Waals surface area (Å²) in [6, 6.07) is 0. The summed E-state index contributed by atoms with van der Waals surface area (Å²) in [7, 11) is 0. The Balaban J connectivity index is 2.88. The largest absolute Gasteiger partial charge is 0.335 e. The molecular weight excluding hydrogens is 142 g/mol. The van der Waals surface area contributed by atoms with Crippen molar-refractivity contribution in [3.8, 4) is 0 Å². The number of hydrogen-bond donors (Lipinski definition) is 1. The monoisotopic (exact) mass is 146 g/mol. The molecule has 0 fully saturated rings. The second-order valence-corrected chi connectivity index (χ2v) is 1.64. The Morgan fingerprint density at radius 1 is 1.70 bits per heavy atom. The molecule has 54 valence electrons. The Morgan fingerprint density at radius 3 is 2.70 bits per heavy atom. The highest BCUT2D eigenvalue weighted by Crippen LogP contribution is 2.14. The normalized spacial score (nSPS) is 10.3. The number of aldehydes is 1. The third-order valence-electron chi connectivity index (χ3n) is 0.962. The quantitative estimate of drug-likeness (QED) is 0.636. The van der Waals surface area contributed by atoms with Crippen LogP contribution < -0.4 is 0 Å². The van der Waals surface area contributed by atoms with E-state index in [2.05, 4.69) is 9.97 Å². The molecule has 0 aliphatic rings. The fraction of sp³-hybridized carbons (Fsp3) is 0.200.